The summed E-state index contributed by atoms with van der Waals surface area (Å²) in [5.41, 5.74) is 2.06. The number of hydrogen-bond donors (Lipinski definition) is 1. The topological polar surface area (TPSA) is 73.1 Å². The van der Waals surface area contributed by atoms with E-state index in [0.717, 1.165) is 54.6 Å². The smallest absolute Gasteiger partial charge is 0.260 e. The lowest BCUT2D eigenvalue weighted by molar-refractivity contribution is -0.137. The van der Waals surface area contributed by atoms with Crippen LogP contribution in [-0.2, 0) is 16.2 Å². The van der Waals surface area contributed by atoms with Crippen molar-refractivity contribution in [3.8, 4) is 0 Å². The van der Waals surface area contributed by atoms with Crippen molar-refractivity contribution in [1.82, 2.24) is 4.98 Å². The first-order valence-electron chi connectivity index (χ1n) is 8.94. The van der Waals surface area contributed by atoms with Crippen LogP contribution in [0.25, 0.3) is 5.57 Å². The van der Waals surface area contributed by atoms with Crippen LogP contribution in [0.5, 0.6) is 0 Å². The van der Waals surface area contributed by atoms with Crippen molar-refractivity contribution in [3.63, 3.8) is 0 Å². The molecule has 2 atom stereocenters. The normalized spacial score (nSPS) is 24.9. The van der Waals surface area contributed by atoms with Gasteiger partial charge in [-0.05, 0) is 66.5 Å². The van der Waals surface area contributed by atoms with Gasteiger partial charge in [0.1, 0.15) is 4.90 Å². The van der Waals surface area contributed by atoms with Crippen molar-refractivity contribution >= 4 is 15.6 Å². The number of halogens is 3. The third kappa shape index (κ3) is 3.35. The summed E-state index contributed by atoms with van der Waals surface area (Å²) >= 11 is 0. The highest BCUT2D eigenvalue weighted by molar-refractivity contribution is 7.89. The Hall–Kier alpha value is -2.19. The van der Waals surface area contributed by atoms with Crippen LogP contribution in [0.15, 0.2) is 53.6 Å². The van der Waals surface area contributed by atoms with Crippen LogP contribution >= 0.6 is 0 Å². The Bertz CT molecular complexity index is 1030. The maximum absolute atomic E-state index is 12.8. The van der Waals surface area contributed by atoms with E-state index in [1.165, 1.54) is 24.4 Å². The summed E-state index contributed by atoms with van der Waals surface area (Å²) in [4.78, 5) is 4.30. The predicted molar refractivity (Wildman–Crippen MR) is 98.7 cm³/mol. The van der Waals surface area contributed by atoms with Gasteiger partial charge in [0.15, 0.2) is 0 Å². The zero-order valence-corrected chi connectivity index (χ0v) is 15.7. The molecule has 0 saturated heterocycles. The Labute approximate surface area is 161 Å². The van der Waals surface area contributed by atoms with E-state index in [-0.39, 0.29) is 16.2 Å². The lowest BCUT2D eigenvalue weighted by Gasteiger charge is -2.47. The molecule has 2 N–H and O–H groups in total. The minimum absolute atomic E-state index is 0.00807. The van der Waals surface area contributed by atoms with Crippen molar-refractivity contribution in [1.29, 1.82) is 0 Å². The van der Waals surface area contributed by atoms with Crippen molar-refractivity contribution in [2.75, 3.05) is 0 Å². The fourth-order valence-electron chi connectivity index (χ4n) is 4.32. The van der Waals surface area contributed by atoms with Crippen molar-refractivity contribution in [2.45, 2.75) is 42.7 Å². The number of rotatable bonds is 3. The van der Waals surface area contributed by atoms with E-state index in [1.54, 1.807) is 6.07 Å². The molecular weight excluding hydrogens is 389 g/mol. The van der Waals surface area contributed by atoms with Crippen molar-refractivity contribution in [3.05, 3.63) is 65.5 Å². The molecule has 1 heterocycles. The fourth-order valence-corrected chi connectivity index (χ4v) is 4.78. The lowest BCUT2D eigenvalue weighted by Crippen LogP contribution is -2.36. The Balaban J connectivity index is 1.51. The van der Waals surface area contributed by atoms with Gasteiger partial charge >= 0.3 is 6.18 Å². The molecule has 0 radical (unpaired) electrons. The minimum Gasteiger partial charge on any atom is -0.260 e. The summed E-state index contributed by atoms with van der Waals surface area (Å²) in [5.74, 6) is 0.199. The van der Waals surface area contributed by atoms with Crippen LogP contribution in [0.2, 0.25) is 0 Å². The molecule has 1 aromatic heterocycles. The fraction of sp³-hybridized carbons (Fsp3) is 0.350. The summed E-state index contributed by atoms with van der Waals surface area (Å²) in [6, 6.07) is 8.48. The van der Waals surface area contributed by atoms with Gasteiger partial charge in [0.2, 0.25) is 10.0 Å². The number of alkyl halides is 3. The van der Waals surface area contributed by atoms with Gasteiger partial charge in [-0.3, -0.25) is 4.98 Å². The van der Waals surface area contributed by atoms with Gasteiger partial charge in [-0.1, -0.05) is 18.2 Å². The maximum atomic E-state index is 12.8. The Morgan fingerprint density at radius 3 is 2.32 bits per heavy atom. The number of aromatic nitrogens is 1. The highest BCUT2D eigenvalue weighted by Gasteiger charge is 2.49. The monoisotopic (exact) mass is 408 g/mol. The van der Waals surface area contributed by atoms with E-state index in [0.29, 0.717) is 0 Å². The molecule has 2 aliphatic carbocycles. The SMILES string of the molecule is NS(=O)(=O)c1ccc(C2CCC23CC=C(c2ccc(C(F)(F)F)cc2)C3)nc1. The van der Waals surface area contributed by atoms with E-state index in [2.05, 4.69) is 11.1 Å². The zero-order valence-electron chi connectivity index (χ0n) is 14.9. The Morgan fingerprint density at radius 2 is 1.82 bits per heavy atom. The lowest BCUT2D eigenvalue weighted by atomic mass is 9.57. The number of nitrogens with zero attached hydrogens (tertiary/aromatic N) is 1. The standard InChI is InChI=1S/C20H19F3N2O2S/c21-20(22,23)15-3-1-13(2-4-15)14-7-9-19(11-14)10-8-17(19)18-6-5-16(12-25-18)28(24,26)27/h1-7,12,17H,8-11H2,(H2,24,26,27). The quantitative estimate of drug-likeness (QED) is 0.813. The first-order valence-corrected chi connectivity index (χ1v) is 10.5. The second-order valence-electron chi connectivity index (χ2n) is 7.60. The molecule has 0 aliphatic heterocycles. The van der Waals surface area contributed by atoms with Gasteiger partial charge in [0.25, 0.3) is 0 Å². The molecule has 1 fully saturated rings. The number of hydrogen-bond acceptors (Lipinski definition) is 3. The molecule has 2 aromatic rings. The number of pyridine rings is 1. The maximum Gasteiger partial charge on any atom is 0.416 e. The summed E-state index contributed by atoms with van der Waals surface area (Å²) < 4.78 is 61.1. The highest BCUT2D eigenvalue weighted by Crippen LogP contribution is 2.62. The van der Waals surface area contributed by atoms with E-state index in [1.807, 2.05) is 0 Å². The average Bonchev–Trinajstić information content (AvgIpc) is 3.08. The van der Waals surface area contributed by atoms with E-state index in [9.17, 15) is 21.6 Å². The van der Waals surface area contributed by atoms with Gasteiger partial charge in [0.05, 0.1) is 5.56 Å². The number of benzene rings is 1. The van der Waals surface area contributed by atoms with Crippen LogP contribution < -0.4 is 5.14 Å². The summed E-state index contributed by atoms with van der Waals surface area (Å²) in [7, 11) is -3.77. The molecule has 1 spiro atoms. The molecule has 8 heteroatoms. The zero-order chi connectivity index (χ0) is 20.2. The van der Waals surface area contributed by atoms with Crippen molar-refractivity contribution < 1.29 is 21.6 Å². The van der Waals surface area contributed by atoms with E-state index < -0.39 is 21.8 Å². The van der Waals surface area contributed by atoms with Crippen LogP contribution in [0, 0.1) is 5.41 Å². The molecule has 2 unspecified atom stereocenters. The molecule has 28 heavy (non-hydrogen) atoms. The number of sulfonamides is 1. The largest absolute Gasteiger partial charge is 0.416 e. The molecular formula is C20H19F3N2O2S. The first kappa shape index (κ1) is 19.1. The highest BCUT2D eigenvalue weighted by atomic mass is 32.2. The van der Waals surface area contributed by atoms with Gasteiger partial charge in [-0.2, -0.15) is 13.2 Å². The molecule has 148 valence electrons. The number of primary sulfonamides is 1. The van der Waals surface area contributed by atoms with E-state index in [4.69, 9.17) is 5.14 Å². The minimum atomic E-state index is -4.34. The number of nitrogens with two attached hydrogens (primary N) is 1. The third-order valence-corrected chi connectivity index (χ3v) is 6.89. The number of allylic oxidation sites excluding steroid dienone is 2. The molecule has 4 rings (SSSR count). The van der Waals surface area contributed by atoms with Crippen LogP contribution in [0.3, 0.4) is 0 Å². The molecule has 2 aliphatic rings. The van der Waals surface area contributed by atoms with Gasteiger partial charge in [0, 0.05) is 17.8 Å². The molecule has 1 aromatic carbocycles. The molecule has 1 saturated carbocycles. The molecule has 4 nitrogen and oxygen atoms in total. The molecule has 0 bridgehead atoms. The third-order valence-electron chi connectivity index (χ3n) is 6.00. The van der Waals surface area contributed by atoms with Crippen LogP contribution in [0.1, 0.15) is 48.4 Å². The van der Waals surface area contributed by atoms with Gasteiger partial charge < -0.3 is 0 Å². The molecule has 0 amide bonds. The average molecular weight is 408 g/mol. The summed E-state index contributed by atoms with van der Waals surface area (Å²) in [6.45, 7) is 0. The second-order valence-corrected chi connectivity index (χ2v) is 9.16. The van der Waals surface area contributed by atoms with Gasteiger partial charge in [-0.25, -0.2) is 13.6 Å². The first-order chi connectivity index (χ1) is 13.1. The second kappa shape index (κ2) is 6.42. The van der Waals surface area contributed by atoms with E-state index >= 15 is 0 Å². The van der Waals surface area contributed by atoms with Crippen molar-refractivity contribution in [2.24, 2.45) is 10.6 Å². The van der Waals surface area contributed by atoms with Crippen LogP contribution in [-0.4, -0.2) is 13.4 Å². The summed E-state index contributed by atoms with van der Waals surface area (Å²) in [6.07, 6.45) is 2.64. The van der Waals surface area contributed by atoms with Gasteiger partial charge in [-0.15, -0.1) is 0 Å². The predicted octanol–water partition coefficient (Wildman–Crippen LogP) is 4.49. The summed E-state index contributed by atoms with van der Waals surface area (Å²) in [5, 5.41) is 5.12. The Morgan fingerprint density at radius 1 is 1.11 bits per heavy atom. The Kier molecular flexibility index (Phi) is 4.39. The van der Waals surface area contributed by atoms with Crippen LogP contribution in [0.4, 0.5) is 13.2 Å².